The van der Waals surface area contributed by atoms with Crippen molar-refractivity contribution in [2.24, 2.45) is 0 Å². The van der Waals surface area contributed by atoms with Crippen LogP contribution in [0.4, 0.5) is 13.6 Å². The fourth-order valence-electron chi connectivity index (χ4n) is 9.14. The average molecular weight is 1070 g/mol. The number of carbonyl (C=O) groups is 3. The quantitative estimate of drug-likeness (QED) is 0.163. The van der Waals surface area contributed by atoms with E-state index in [1.807, 2.05) is 51.7 Å². The number of rotatable bonds is 6. The maximum atomic E-state index is 14.3. The van der Waals surface area contributed by atoms with Gasteiger partial charge in [0.2, 0.25) is 0 Å². The van der Waals surface area contributed by atoms with Crippen LogP contribution < -0.4 is 10.0 Å². The van der Waals surface area contributed by atoms with Crippen LogP contribution in [0.5, 0.6) is 0 Å². The number of pyridine rings is 2. The number of nitrogens with one attached hydrogen (secondary N) is 2. The number of aromatic nitrogens is 2. The number of urea groups is 1. The second-order valence-corrected chi connectivity index (χ2v) is 24.4. The smallest absolute Gasteiger partial charge is 0.331 e. The Hall–Kier alpha value is -6.40. The zero-order valence-electron chi connectivity index (χ0n) is 42.9. The third kappa shape index (κ3) is 11.2. The normalized spacial score (nSPS) is 16.0. The van der Waals surface area contributed by atoms with Crippen molar-refractivity contribution in [3.05, 3.63) is 135 Å². The van der Waals surface area contributed by atoms with Gasteiger partial charge in [-0.2, -0.15) is 0 Å². The standard InChI is InChI=1S/C31H32ClFN4O5S.C24H27ClFN3O2/c1-30(2,3)21-16-24(19-11-12-22(32)23(33)15-19)34-25-17-26(42-27(21)25)28(38)37-14-13-36(18-31(37,4)5)29(39)35-43(40,41)20-9-7-6-8-10-20;1-23(2,3)15-11-18(14-6-7-16(25)17(26)10-14)28-19-12-20(31-21(15)19)22(30)29-9-8-27-13-24(29,4)5/h6-12,15-17H,13-14,18H2,1-5H3,(H,35,39);6-7,10-12,27H,8-9,13H2,1-5H3. The third-order valence-corrected chi connectivity index (χ3v) is 15.1. The van der Waals surface area contributed by atoms with E-state index < -0.39 is 38.6 Å². The Kier molecular flexibility index (Phi) is 14.6. The largest absolute Gasteiger partial charge is 0.449 e. The van der Waals surface area contributed by atoms with Crippen LogP contribution in [0.15, 0.2) is 105 Å². The Bertz CT molecular complexity index is 3440. The van der Waals surface area contributed by atoms with E-state index >= 15 is 0 Å². The van der Waals surface area contributed by atoms with Gasteiger partial charge < -0.3 is 28.9 Å². The molecule has 14 nitrogen and oxygen atoms in total. The van der Waals surface area contributed by atoms with E-state index in [-0.39, 0.29) is 68.9 Å². The van der Waals surface area contributed by atoms with Gasteiger partial charge in [-0.25, -0.2) is 36.7 Å². The summed E-state index contributed by atoms with van der Waals surface area (Å²) in [4.78, 5) is 54.2. The van der Waals surface area contributed by atoms with Crippen molar-refractivity contribution in [3.8, 4) is 22.5 Å². The molecule has 74 heavy (non-hydrogen) atoms. The monoisotopic (exact) mass is 1070 g/mol. The molecule has 2 N–H and O–H groups in total. The Morgan fingerprint density at radius 1 is 0.662 bits per heavy atom. The van der Waals surface area contributed by atoms with Crippen LogP contribution >= 0.6 is 23.2 Å². The van der Waals surface area contributed by atoms with E-state index in [9.17, 15) is 31.6 Å². The van der Waals surface area contributed by atoms with Crippen LogP contribution in [-0.2, 0) is 20.9 Å². The molecule has 0 atom stereocenters. The molecule has 2 fully saturated rings. The molecule has 4 amide bonds. The zero-order valence-corrected chi connectivity index (χ0v) is 45.2. The zero-order chi connectivity index (χ0) is 53.9. The van der Waals surface area contributed by atoms with Crippen molar-refractivity contribution in [2.75, 3.05) is 39.3 Å². The minimum Gasteiger partial charge on any atom is -0.449 e. The van der Waals surface area contributed by atoms with Gasteiger partial charge in [0.05, 0.1) is 37.4 Å². The molecule has 0 bridgehead atoms. The number of benzene rings is 3. The van der Waals surface area contributed by atoms with Crippen LogP contribution in [0.2, 0.25) is 10.0 Å². The van der Waals surface area contributed by atoms with E-state index in [0.717, 1.165) is 24.2 Å². The number of nitrogens with zero attached hydrogens (tertiary/aromatic N) is 5. The molecule has 2 aliphatic rings. The fourth-order valence-corrected chi connectivity index (χ4v) is 10.4. The predicted octanol–water partition coefficient (Wildman–Crippen LogP) is 11.6. The lowest BCUT2D eigenvalue weighted by molar-refractivity contribution is 0.0250. The van der Waals surface area contributed by atoms with Crippen LogP contribution in [-0.4, -0.2) is 101 Å². The van der Waals surface area contributed by atoms with E-state index in [1.54, 1.807) is 61.2 Å². The van der Waals surface area contributed by atoms with Crippen molar-refractivity contribution in [1.82, 2.24) is 34.7 Å². The van der Waals surface area contributed by atoms with Crippen molar-refractivity contribution >= 4 is 73.3 Å². The fraction of sp³-hybridized carbons (Fsp3) is 0.364. The Morgan fingerprint density at radius 3 is 1.57 bits per heavy atom. The maximum Gasteiger partial charge on any atom is 0.331 e. The maximum absolute atomic E-state index is 14.3. The summed E-state index contributed by atoms with van der Waals surface area (Å²) in [6, 6.07) is 23.0. The lowest BCUT2D eigenvalue weighted by Crippen LogP contribution is -2.63. The first-order chi connectivity index (χ1) is 34.5. The van der Waals surface area contributed by atoms with Gasteiger partial charge in [0.25, 0.3) is 21.8 Å². The molecule has 2 saturated heterocycles. The molecule has 7 aromatic rings. The van der Waals surface area contributed by atoms with E-state index in [4.69, 9.17) is 32.0 Å². The summed E-state index contributed by atoms with van der Waals surface area (Å²) in [6.45, 7) is 22.3. The average Bonchev–Trinajstić information content (AvgIpc) is 3.97. The van der Waals surface area contributed by atoms with Crippen LogP contribution in [0.1, 0.15) is 101 Å². The molecule has 2 aliphatic heterocycles. The molecule has 0 radical (unpaired) electrons. The highest BCUT2D eigenvalue weighted by Crippen LogP contribution is 2.38. The van der Waals surface area contributed by atoms with Gasteiger partial charge in [-0.15, -0.1) is 0 Å². The van der Waals surface area contributed by atoms with Gasteiger partial charge >= 0.3 is 6.03 Å². The second kappa shape index (κ2) is 20.0. The van der Waals surface area contributed by atoms with Gasteiger partial charge in [-0.05, 0) is 87.1 Å². The summed E-state index contributed by atoms with van der Waals surface area (Å²) in [6.07, 6.45) is 0. The van der Waals surface area contributed by atoms with Crippen molar-refractivity contribution < 1.29 is 40.4 Å². The van der Waals surface area contributed by atoms with Gasteiger partial charge in [0.15, 0.2) is 22.7 Å². The van der Waals surface area contributed by atoms with E-state index in [1.165, 1.54) is 41.3 Å². The van der Waals surface area contributed by atoms with E-state index in [2.05, 4.69) is 40.8 Å². The minimum atomic E-state index is -4.05. The van der Waals surface area contributed by atoms with Crippen LogP contribution in [0, 0.1) is 11.6 Å². The molecule has 3 aromatic carbocycles. The summed E-state index contributed by atoms with van der Waals surface area (Å²) in [5, 5.41) is 3.40. The Balaban J connectivity index is 0.000000208. The number of sulfonamides is 1. The van der Waals surface area contributed by atoms with Gasteiger partial charge in [0.1, 0.15) is 22.7 Å². The Labute approximate surface area is 439 Å². The number of halogens is 4. The first-order valence-electron chi connectivity index (χ1n) is 24.1. The highest BCUT2D eigenvalue weighted by atomic mass is 35.5. The number of piperazine rings is 2. The molecule has 390 valence electrons. The van der Waals surface area contributed by atoms with Gasteiger partial charge in [0, 0.05) is 73.7 Å². The second-order valence-electron chi connectivity index (χ2n) is 21.9. The molecule has 0 aliphatic carbocycles. The summed E-state index contributed by atoms with van der Waals surface area (Å²) in [5.41, 5.74) is 4.20. The minimum absolute atomic E-state index is 0.00933. The van der Waals surface area contributed by atoms with Crippen molar-refractivity contribution in [3.63, 3.8) is 0 Å². The number of furan rings is 2. The molecule has 4 aromatic heterocycles. The number of fused-ring (bicyclic) bond motifs is 2. The molecule has 19 heteroatoms. The van der Waals surface area contributed by atoms with Crippen molar-refractivity contribution in [2.45, 2.75) is 96.0 Å². The summed E-state index contributed by atoms with van der Waals surface area (Å²) >= 11 is 11.7. The van der Waals surface area contributed by atoms with Crippen LogP contribution in [0.25, 0.3) is 44.7 Å². The lowest BCUT2D eigenvalue weighted by Gasteiger charge is -2.46. The number of hydrogen-bond acceptors (Lipinski definition) is 10. The predicted molar refractivity (Wildman–Crippen MR) is 283 cm³/mol. The van der Waals surface area contributed by atoms with Crippen LogP contribution in [0.3, 0.4) is 0 Å². The van der Waals surface area contributed by atoms with Gasteiger partial charge in [-0.1, -0.05) is 95.1 Å². The summed E-state index contributed by atoms with van der Waals surface area (Å²) in [7, 11) is -4.05. The number of amides is 4. The highest BCUT2D eigenvalue weighted by molar-refractivity contribution is 7.90. The lowest BCUT2D eigenvalue weighted by atomic mass is 9.86. The topological polar surface area (TPSA) is 171 Å². The molecule has 0 saturated carbocycles. The first kappa shape index (κ1) is 53.9. The van der Waals surface area contributed by atoms with Crippen molar-refractivity contribution in [1.29, 1.82) is 0 Å². The highest BCUT2D eigenvalue weighted by Gasteiger charge is 2.41. The summed E-state index contributed by atoms with van der Waals surface area (Å²) < 4.78 is 68.0. The molecule has 6 heterocycles. The molecular formula is C55H59Cl2F2N7O7S. The van der Waals surface area contributed by atoms with E-state index in [0.29, 0.717) is 51.3 Å². The van der Waals surface area contributed by atoms with Gasteiger partial charge in [-0.3, -0.25) is 9.59 Å². The Morgan fingerprint density at radius 2 is 1.14 bits per heavy atom. The number of carbonyl (C=O) groups excluding carboxylic acids is 3. The number of hydrogen-bond donors (Lipinski definition) is 2. The molecule has 0 spiro atoms. The SMILES string of the molecule is CC(C)(C)c1cc(-c2ccc(Cl)c(F)c2)nc2cc(C(=O)N3CCN(C(=O)NS(=O)(=O)c4ccccc4)CC3(C)C)oc12.CC(C)(C)c1cc(-c2ccc(Cl)c(F)c2)nc2cc(C(=O)N3CCNCC3(C)C)oc12. The third-order valence-electron chi connectivity index (χ3n) is 13.2. The summed E-state index contributed by atoms with van der Waals surface area (Å²) in [5.74, 6) is -1.26. The molecule has 0 unspecified atom stereocenters. The first-order valence-corrected chi connectivity index (χ1v) is 26.3. The molecular weight excluding hydrogens is 1010 g/mol. The molecule has 9 rings (SSSR count).